The fourth-order valence-electron chi connectivity index (χ4n) is 2.49. The average Bonchev–Trinajstić information content (AvgIpc) is 2.59. The van der Waals surface area contributed by atoms with Crippen LogP contribution in [-0.4, -0.2) is 39.6 Å². The van der Waals surface area contributed by atoms with Crippen molar-refractivity contribution < 1.29 is 29.7 Å². The van der Waals surface area contributed by atoms with Gasteiger partial charge in [-0.05, 0) is 43.2 Å². The number of rotatable bonds is 7. The number of amides is 2. The Morgan fingerprint density at radius 3 is 2.33 bits per heavy atom. The van der Waals surface area contributed by atoms with Crippen LogP contribution in [0.25, 0.3) is 0 Å². The number of hydrogen-bond acceptors (Lipinski definition) is 5. The van der Waals surface area contributed by atoms with Gasteiger partial charge in [0.15, 0.2) is 0 Å². The van der Waals surface area contributed by atoms with E-state index in [1.807, 2.05) is 0 Å². The number of anilines is 1. The third kappa shape index (κ3) is 5.46. The van der Waals surface area contributed by atoms with Gasteiger partial charge in [-0.15, -0.1) is 0 Å². The van der Waals surface area contributed by atoms with Crippen LogP contribution in [0.2, 0.25) is 0 Å². The number of nitrogens with one attached hydrogen (secondary N) is 2. The van der Waals surface area contributed by atoms with Crippen molar-refractivity contribution in [2.24, 2.45) is 0 Å². The van der Waals surface area contributed by atoms with Crippen LogP contribution in [0, 0.1) is 6.92 Å². The highest BCUT2D eigenvalue weighted by Gasteiger charge is 2.12. The van der Waals surface area contributed by atoms with E-state index in [1.54, 1.807) is 19.1 Å². The highest BCUT2D eigenvalue weighted by atomic mass is 16.4. The summed E-state index contributed by atoms with van der Waals surface area (Å²) in [5.74, 6) is -2.29. The number of carboxylic acids is 1. The van der Waals surface area contributed by atoms with E-state index in [4.69, 9.17) is 5.11 Å². The molecule has 0 saturated carbocycles. The Morgan fingerprint density at radius 2 is 1.70 bits per heavy atom. The molecule has 2 aromatic carbocycles. The van der Waals surface area contributed by atoms with Crippen LogP contribution >= 0.6 is 0 Å². The van der Waals surface area contributed by atoms with Crippen LogP contribution in [0.1, 0.15) is 39.1 Å². The van der Waals surface area contributed by atoms with Crippen LogP contribution in [-0.2, 0) is 4.79 Å². The number of aromatic carboxylic acids is 1. The van der Waals surface area contributed by atoms with Crippen LogP contribution in [0.4, 0.5) is 5.69 Å². The van der Waals surface area contributed by atoms with E-state index in [1.165, 1.54) is 18.2 Å². The van der Waals surface area contributed by atoms with Gasteiger partial charge in [0.25, 0.3) is 5.91 Å². The van der Waals surface area contributed by atoms with Gasteiger partial charge < -0.3 is 26.0 Å². The smallest absolute Gasteiger partial charge is 0.336 e. The molecule has 2 aromatic rings. The Morgan fingerprint density at radius 1 is 1.04 bits per heavy atom. The molecule has 0 aliphatic rings. The largest absolute Gasteiger partial charge is 0.508 e. The predicted molar refractivity (Wildman–Crippen MR) is 98.1 cm³/mol. The second-order valence-corrected chi connectivity index (χ2v) is 5.93. The van der Waals surface area contributed by atoms with Crippen LogP contribution in [0.3, 0.4) is 0 Å². The van der Waals surface area contributed by atoms with Crippen LogP contribution < -0.4 is 10.6 Å². The quantitative estimate of drug-likeness (QED) is 0.473. The highest BCUT2D eigenvalue weighted by molar-refractivity contribution is 5.96. The summed E-state index contributed by atoms with van der Waals surface area (Å²) in [6.07, 6.45) is 0.488. The standard InChI is InChI=1S/C19H20N2O6/c1-11-15(19(26)27)4-2-5-16(11)21-17(24)6-3-7-20-18(25)12-8-13(22)10-14(23)9-12/h2,4-5,8-10,22-23H,3,6-7H2,1H3,(H,20,25)(H,21,24)(H,26,27). The first kappa shape index (κ1) is 19.8. The van der Waals surface area contributed by atoms with Gasteiger partial charge in [0, 0.05) is 30.3 Å². The van der Waals surface area contributed by atoms with Gasteiger partial charge in [-0.2, -0.15) is 0 Å². The summed E-state index contributed by atoms with van der Waals surface area (Å²) in [5.41, 5.74) is 1.13. The Bertz CT molecular complexity index is 858. The molecule has 0 radical (unpaired) electrons. The molecule has 8 heteroatoms. The molecule has 0 aliphatic carbocycles. The lowest BCUT2D eigenvalue weighted by atomic mass is 10.1. The number of phenols is 2. The molecule has 0 fully saturated rings. The number of benzene rings is 2. The monoisotopic (exact) mass is 372 g/mol. The first-order chi connectivity index (χ1) is 12.8. The molecule has 0 heterocycles. The van der Waals surface area contributed by atoms with Crippen molar-refractivity contribution >= 4 is 23.5 Å². The van der Waals surface area contributed by atoms with Crippen LogP contribution in [0.5, 0.6) is 11.5 Å². The molecule has 5 N–H and O–H groups in total. The number of carbonyl (C=O) groups excluding carboxylic acids is 2. The Kier molecular flexibility index (Phi) is 6.37. The Hall–Kier alpha value is -3.55. The maximum atomic E-state index is 12.0. The summed E-state index contributed by atoms with van der Waals surface area (Å²) in [6.45, 7) is 1.83. The second-order valence-electron chi connectivity index (χ2n) is 5.93. The van der Waals surface area contributed by atoms with Crippen molar-refractivity contribution in [3.8, 4) is 11.5 Å². The van der Waals surface area contributed by atoms with Gasteiger partial charge in [0.1, 0.15) is 11.5 Å². The lowest BCUT2D eigenvalue weighted by molar-refractivity contribution is -0.116. The number of phenolic OH excluding ortho intramolecular Hbond substituents is 2. The third-order valence-electron chi connectivity index (χ3n) is 3.87. The first-order valence-electron chi connectivity index (χ1n) is 8.22. The SMILES string of the molecule is Cc1c(NC(=O)CCCNC(=O)c2cc(O)cc(O)c2)cccc1C(=O)O. The predicted octanol–water partition coefficient (Wildman–Crippen LogP) is 2.25. The molecule has 2 rings (SSSR count). The van der Waals surface area contributed by atoms with Gasteiger partial charge in [-0.3, -0.25) is 9.59 Å². The van der Waals surface area contributed by atoms with Crippen molar-refractivity contribution in [1.82, 2.24) is 5.32 Å². The zero-order valence-electron chi connectivity index (χ0n) is 14.7. The van der Waals surface area contributed by atoms with Crippen molar-refractivity contribution in [3.05, 3.63) is 53.1 Å². The molecule has 0 spiro atoms. The molecule has 2 amide bonds. The van der Waals surface area contributed by atoms with E-state index >= 15 is 0 Å². The van der Waals surface area contributed by atoms with Gasteiger partial charge >= 0.3 is 5.97 Å². The third-order valence-corrected chi connectivity index (χ3v) is 3.87. The topological polar surface area (TPSA) is 136 Å². The Balaban J connectivity index is 1.82. The summed E-state index contributed by atoms with van der Waals surface area (Å²) in [6, 6.07) is 8.19. The molecule has 142 valence electrons. The van der Waals surface area contributed by atoms with Crippen molar-refractivity contribution in [2.75, 3.05) is 11.9 Å². The van der Waals surface area contributed by atoms with Crippen molar-refractivity contribution in [2.45, 2.75) is 19.8 Å². The minimum Gasteiger partial charge on any atom is -0.508 e. The fraction of sp³-hybridized carbons (Fsp3) is 0.211. The molecular formula is C19H20N2O6. The maximum absolute atomic E-state index is 12.0. The summed E-state index contributed by atoms with van der Waals surface area (Å²) in [4.78, 5) is 35.1. The van der Waals surface area contributed by atoms with Gasteiger partial charge in [0.05, 0.1) is 5.56 Å². The second kappa shape index (κ2) is 8.70. The lowest BCUT2D eigenvalue weighted by Crippen LogP contribution is -2.25. The summed E-state index contributed by atoms with van der Waals surface area (Å²) < 4.78 is 0. The highest BCUT2D eigenvalue weighted by Crippen LogP contribution is 2.20. The average molecular weight is 372 g/mol. The van der Waals surface area contributed by atoms with Crippen molar-refractivity contribution in [1.29, 1.82) is 0 Å². The fourth-order valence-corrected chi connectivity index (χ4v) is 2.49. The van der Waals surface area contributed by atoms with Crippen molar-refractivity contribution in [3.63, 3.8) is 0 Å². The van der Waals surface area contributed by atoms with E-state index in [9.17, 15) is 24.6 Å². The van der Waals surface area contributed by atoms with Gasteiger partial charge in [-0.1, -0.05) is 6.07 Å². The zero-order chi connectivity index (χ0) is 20.0. The van der Waals surface area contributed by atoms with E-state index in [0.29, 0.717) is 17.7 Å². The van der Waals surface area contributed by atoms with E-state index < -0.39 is 11.9 Å². The number of carboxylic acid groups (broad SMARTS) is 1. The summed E-state index contributed by atoms with van der Waals surface area (Å²) in [7, 11) is 0. The Labute approximate surface area is 155 Å². The molecule has 27 heavy (non-hydrogen) atoms. The van der Waals surface area contributed by atoms with E-state index in [-0.39, 0.29) is 41.5 Å². The number of aromatic hydroxyl groups is 2. The molecule has 0 bridgehead atoms. The maximum Gasteiger partial charge on any atom is 0.336 e. The zero-order valence-corrected chi connectivity index (χ0v) is 14.7. The minimum atomic E-state index is -1.07. The van der Waals surface area contributed by atoms with E-state index in [2.05, 4.69) is 10.6 Å². The normalized spacial score (nSPS) is 10.3. The first-order valence-corrected chi connectivity index (χ1v) is 8.22. The molecule has 0 unspecified atom stereocenters. The number of carbonyl (C=O) groups is 3. The molecular weight excluding hydrogens is 352 g/mol. The molecule has 0 atom stereocenters. The van der Waals surface area contributed by atoms with Gasteiger partial charge in [-0.25, -0.2) is 4.79 Å². The van der Waals surface area contributed by atoms with E-state index in [0.717, 1.165) is 6.07 Å². The molecule has 8 nitrogen and oxygen atoms in total. The number of hydrogen-bond donors (Lipinski definition) is 5. The molecule has 0 aliphatic heterocycles. The molecule has 0 aromatic heterocycles. The molecule has 0 saturated heterocycles. The summed E-state index contributed by atoms with van der Waals surface area (Å²) >= 11 is 0. The lowest BCUT2D eigenvalue weighted by Gasteiger charge is -2.11. The van der Waals surface area contributed by atoms with Crippen LogP contribution in [0.15, 0.2) is 36.4 Å². The van der Waals surface area contributed by atoms with Gasteiger partial charge in [0.2, 0.25) is 5.91 Å². The minimum absolute atomic E-state index is 0.109. The summed E-state index contributed by atoms with van der Waals surface area (Å²) in [5, 5.41) is 33.1.